The summed E-state index contributed by atoms with van der Waals surface area (Å²) in [4.78, 5) is 15.4. The number of hydrogen-bond donors (Lipinski definition) is 1. The minimum Gasteiger partial charge on any atom is -0.317 e. The Morgan fingerprint density at radius 1 is 1.57 bits per heavy atom. The molecule has 2 rings (SSSR count). The molecule has 3 nitrogen and oxygen atoms in total. The van der Waals surface area contributed by atoms with Crippen molar-refractivity contribution in [2.24, 2.45) is 0 Å². The fourth-order valence-electron chi connectivity index (χ4n) is 1.71. The van der Waals surface area contributed by atoms with Crippen LogP contribution in [0, 0.1) is 0 Å². The number of Topliss-reactive ketones (excluding diaryl/α,β-unsaturated/α-hetero) is 1. The number of carbonyl (C=O) groups excluding carboxylic acids is 1. The quantitative estimate of drug-likeness (QED) is 0.757. The van der Waals surface area contributed by atoms with E-state index in [2.05, 4.69) is 10.3 Å². The number of thiazole rings is 1. The molecule has 0 radical (unpaired) electrons. The number of aromatic nitrogens is 1. The van der Waals surface area contributed by atoms with Crippen molar-refractivity contribution >= 4 is 17.1 Å². The molecule has 1 N–H and O–H groups in total. The molecular formula is C10H14N2OS. The maximum absolute atomic E-state index is 11.1. The Bertz CT molecular complexity index is 329. The van der Waals surface area contributed by atoms with E-state index in [-0.39, 0.29) is 5.78 Å². The highest BCUT2D eigenvalue weighted by Gasteiger charge is 2.18. The topological polar surface area (TPSA) is 42.0 Å². The second-order valence-electron chi connectivity index (χ2n) is 3.65. The Hall–Kier alpha value is -0.740. The Morgan fingerprint density at radius 2 is 2.29 bits per heavy atom. The summed E-state index contributed by atoms with van der Waals surface area (Å²) in [6.45, 7) is 3.71. The predicted octanol–water partition coefficient (Wildman–Crippen LogP) is 1.81. The van der Waals surface area contributed by atoms with Gasteiger partial charge in [-0.05, 0) is 25.9 Å². The largest absolute Gasteiger partial charge is 0.317 e. The summed E-state index contributed by atoms with van der Waals surface area (Å²) in [6.07, 6.45) is 2.29. The molecule has 1 aromatic rings. The van der Waals surface area contributed by atoms with E-state index in [1.807, 2.05) is 5.38 Å². The molecule has 0 amide bonds. The molecule has 76 valence electrons. The van der Waals surface area contributed by atoms with Crippen LogP contribution < -0.4 is 5.32 Å². The normalized spacial score (nSPS) is 18.4. The molecule has 1 fully saturated rings. The molecule has 2 heterocycles. The van der Waals surface area contributed by atoms with E-state index in [4.69, 9.17) is 0 Å². The van der Waals surface area contributed by atoms with E-state index >= 15 is 0 Å². The zero-order valence-electron chi connectivity index (χ0n) is 8.25. The van der Waals surface area contributed by atoms with Gasteiger partial charge in [0, 0.05) is 18.2 Å². The summed E-state index contributed by atoms with van der Waals surface area (Å²) in [5, 5.41) is 6.33. The molecule has 14 heavy (non-hydrogen) atoms. The number of piperidine rings is 1. The number of carbonyl (C=O) groups is 1. The highest BCUT2D eigenvalue weighted by molar-refractivity contribution is 7.09. The van der Waals surface area contributed by atoms with E-state index in [9.17, 15) is 4.79 Å². The summed E-state index contributed by atoms with van der Waals surface area (Å²) in [5.41, 5.74) is 0.628. The fourth-order valence-corrected chi connectivity index (χ4v) is 2.74. The van der Waals surface area contributed by atoms with Gasteiger partial charge in [0.2, 0.25) is 0 Å². The van der Waals surface area contributed by atoms with Crippen LogP contribution >= 0.6 is 11.3 Å². The lowest BCUT2D eigenvalue weighted by atomic mass is 9.99. The highest BCUT2D eigenvalue weighted by atomic mass is 32.1. The number of nitrogens with zero attached hydrogens (tertiary/aromatic N) is 1. The molecule has 0 atom stereocenters. The first-order valence-electron chi connectivity index (χ1n) is 4.94. The average Bonchev–Trinajstić information content (AvgIpc) is 2.68. The molecule has 0 saturated carbocycles. The standard InChI is InChI=1S/C10H14N2OS/c1-7(13)9-6-14-10(12-9)8-2-4-11-5-3-8/h6,8,11H,2-5H2,1H3. The Kier molecular flexibility index (Phi) is 2.93. The van der Waals surface area contributed by atoms with Crippen molar-refractivity contribution < 1.29 is 4.79 Å². The van der Waals surface area contributed by atoms with E-state index in [0.717, 1.165) is 30.9 Å². The zero-order chi connectivity index (χ0) is 9.97. The summed E-state index contributed by atoms with van der Waals surface area (Å²) in [5.74, 6) is 0.635. The maximum Gasteiger partial charge on any atom is 0.178 e. The van der Waals surface area contributed by atoms with Crippen LogP contribution in [0.2, 0.25) is 0 Å². The van der Waals surface area contributed by atoms with Crippen molar-refractivity contribution in [2.45, 2.75) is 25.7 Å². The van der Waals surface area contributed by atoms with Gasteiger partial charge in [-0.2, -0.15) is 0 Å². The van der Waals surface area contributed by atoms with Crippen molar-refractivity contribution in [3.8, 4) is 0 Å². The van der Waals surface area contributed by atoms with Crippen LogP contribution in [0.5, 0.6) is 0 Å². The number of rotatable bonds is 2. The van der Waals surface area contributed by atoms with Gasteiger partial charge >= 0.3 is 0 Å². The molecule has 0 bridgehead atoms. The van der Waals surface area contributed by atoms with Gasteiger partial charge in [0.1, 0.15) is 5.69 Å². The van der Waals surface area contributed by atoms with Gasteiger partial charge in [0.05, 0.1) is 5.01 Å². The molecule has 1 aliphatic heterocycles. The van der Waals surface area contributed by atoms with Crippen molar-refractivity contribution in [3.05, 3.63) is 16.1 Å². The van der Waals surface area contributed by atoms with Crippen molar-refractivity contribution in [1.29, 1.82) is 0 Å². The van der Waals surface area contributed by atoms with Gasteiger partial charge in [0.15, 0.2) is 5.78 Å². The van der Waals surface area contributed by atoms with Gasteiger partial charge < -0.3 is 5.32 Å². The third kappa shape index (κ3) is 2.01. The lowest BCUT2D eigenvalue weighted by Crippen LogP contribution is -2.26. The summed E-state index contributed by atoms with van der Waals surface area (Å²) in [7, 11) is 0. The zero-order valence-corrected chi connectivity index (χ0v) is 9.06. The maximum atomic E-state index is 11.1. The van der Waals surface area contributed by atoms with E-state index in [1.54, 1.807) is 18.3 Å². The molecule has 1 aliphatic rings. The first-order chi connectivity index (χ1) is 6.77. The van der Waals surface area contributed by atoms with Crippen LogP contribution in [0.3, 0.4) is 0 Å². The Balaban J connectivity index is 2.11. The van der Waals surface area contributed by atoms with Crippen LogP contribution in [-0.2, 0) is 0 Å². The lowest BCUT2D eigenvalue weighted by molar-refractivity contribution is 0.101. The van der Waals surface area contributed by atoms with Crippen LogP contribution in [0.25, 0.3) is 0 Å². The second-order valence-corrected chi connectivity index (χ2v) is 4.54. The molecular weight excluding hydrogens is 196 g/mol. The minimum atomic E-state index is 0.0708. The van der Waals surface area contributed by atoms with Crippen LogP contribution in [0.15, 0.2) is 5.38 Å². The second kappa shape index (κ2) is 4.19. The SMILES string of the molecule is CC(=O)c1csc(C2CCNCC2)n1. The smallest absolute Gasteiger partial charge is 0.178 e. The Morgan fingerprint density at radius 3 is 2.86 bits per heavy atom. The molecule has 0 aliphatic carbocycles. The monoisotopic (exact) mass is 210 g/mol. The fraction of sp³-hybridized carbons (Fsp3) is 0.600. The number of hydrogen-bond acceptors (Lipinski definition) is 4. The third-order valence-electron chi connectivity index (χ3n) is 2.57. The van der Waals surface area contributed by atoms with Gasteiger partial charge in [-0.1, -0.05) is 0 Å². The Labute approximate surface area is 87.6 Å². The van der Waals surface area contributed by atoms with E-state index in [0.29, 0.717) is 11.6 Å². The molecule has 0 unspecified atom stereocenters. The molecule has 4 heteroatoms. The van der Waals surface area contributed by atoms with E-state index in [1.165, 1.54) is 0 Å². The van der Waals surface area contributed by atoms with Crippen LogP contribution in [-0.4, -0.2) is 23.9 Å². The summed E-state index contributed by atoms with van der Waals surface area (Å²) < 4.78 is 0. The predicted molar refractivity (Wildman–Crippen MR) is 57.0 cm³/mol. The van der Waals surface area contributed by atoms with Crippen LogP contribution in [0.4, 0.5) is 0 Å². The molecule has 1 aromatic heterocycles. The lowest BCUT2D eigenvalue weighted by Gasteiger charge is -2.20. The number of ketones is 1. The average molecular weight is 210 g/mol. The summed E-state index contributed by atoms with van der Waals surface area (Å²) >= 11 is 1.62. The van der Waals surface area contributed by atoms with Crippen LogP contribution in [0.1, 0.15) is 41.2 Å². The van der Waals surface area contributed by atoms with Gasteiger partial charge in [-0.15, -0.1) is 11.3 Å². The molecule has 0 spiro atoms. The minimum absolute atomic E-state index is 0.0708. The van der Waals surface area contributed by atoms with Crippen molar-refractivity contribution in [3.63, 3.8) is 0 Å². The first kappa shape index (κ1) is 9.80. The highest BCUT2D eigenvalue weighted by Crippen LogP contribution is 2.27. The van der Waals surface area contributed by atoms with E-state index < -0.39 is 0 Å². The molecule has 1 saturated heterocycles. The van der Waals surface area contributed by atoms with Crippen molar-refractivity contribution in [2.75, 3.05) is 13.1 Å². The van der Waals surface area contributed by atoms with Gasteiger partial charge in [-0.25, -0.2) is 4.98 Å². The third-order valence-corrected chi connectivity index (χ3v) is 3.58. The van der Waals surface area contributed by atoms with Gasteiger partial charge in [0.25, 0.3) is 0 Å². The van der Waals surface area contributed by atoms with Crippen molar-refractivity contribution in [1.82, 2.24) is 10.3 Å². The summed E-state index contributed by atoms with van der Waals surface area (Å²) in [6, 6.07) is 0. The first-order valence-corrected chi connectivity index (χ1v) is 5.82. The number of nitrogens with one attached hydrogen (secondary N) is 1. The van der Waals surface area contributed by atoms with Gasteiger partial charge in [-0.3, -0.25) is 4.79 Å². The molecule has 0 aromatic carbocycles.